The molecule has 1 saturated heterocycles. The summed E-state index contributed by atoms with van der Waals surface area (Å²) in [6.07, 6.45) is 0.362. The molecule has 78 valence electrons. The van der Waals surface area contributed by atoms with Crippen molar-refractivity contribution >= 4 is 17.7 Å². The SMILES string of the molecule is CC(=O)NCC1CC(=O)N1NC(C)=O. The summed E-state index contributed by atoms with van der Waals surface area (Å²) in [5, 5.41) is 3.84. The fourth-order valence-corrected chi connectivity index (χ4v) is 1.23. The van der Waals surface area contributed by atoms with E-state index in [9.17, 15) is 14.4 Å². The second kappa shape index (κ2) is 4.08. The van der Waals surface area contributed by atoms with Crippen molar-refractivity contribution in [3.05, 3.63) is 0 Å². The summed E-state index contributed by atoms with van der Waals surface area (Å²) >= 11 is 0. The maximum atomic E-state index is 11.0. The fraction of sp³-hybridized carbons (Fsp3) is 0.625. The number of nitrogens with zero attached hydrogens (tertiary/aromatic N) is 1. The molecule has 6 nitrogen and oxygen atoms in total. The predicted octanol–water partition coefficient (Wildman–Crippen LogP) is -1.23. The van der Waals surface area contributed by atoms with Gasteiger partial charge in [0.25, 0.3) is 0 Å². The van der Waals surface area contributed by atoms with Gasteiger partial charge in [-0.25, -0.2) is 5.01 Å². The van der Waals surface area contributed by atoms with Crippen LogP contribution < -0.4 is 10.7 Å². The third-order valence-electron chi connectivity index (χ3n) is 1.91. The van der Waals surface area contributed by atoms with Gasteiger partial charge in [-0.15, -0.1) is 0 Å². The molecule has 0 radical (unpaired) electrons. The summed E-state index contributed by atoms with van der Waals surface area (Å²) < 4.78 is 0. The molecule has 2 N–H and O–H groups in total. The van der Waals surface area contributed by atoms with Crippen LogP contribution in [0.1, 0.15) is 20.3 Å². The van der Waals surface area contributed by atoms with Gasteiger partial charge in [0.2, 0.25) is 17.7 Å². The molecule has 0 bridgehead atoms. The van der Waals surface area contributed by atoms with E-state index < -0.39 is 0 Å². The van der Waals surface area contributed by atoms with Crippen LogP contribution in [0.4, 0.5) is 0 Å². The zero-order valence-electron chi connectivity index (χ0n) is 8.16. The van der Waals surface area contributed by atoms with Crippen molar-refractivity contribution in [1.29, 1.82) is 0 Å². The molecule has 1 rings (SSSR count). The summed E-state index contributed by atoms with van der Waals surface area (Å²) in [5.74, 6) is -0.562. The first kappa shape index (κ1) is 10.5. The molecule has 0 aromatic heterocycles. The van der Waals surface area contributed by atoms with Gasteiger partial charge in [-0.1, -0.05) is 0 Å². The van der Waals surface area contributed by atoms with E-state index >= 15 is 0 Å². The van der Waals surface area contributed by atoms with Crippen LogP contribution in [0.15, 0.2) is 0 Å². The Balaban J connectivity index is 2.36. The molecule has 0 saturated carbocycles. The number of rotatable bonds is 3. The Morgan fingerprint density at radius 1 is 1.43 bits per heavy atom. The Morgan fingerprint density at radius 3 is 2.50 bits per heavy atom. The third-order valence-corrected chi connectivity index (χ3v) is 1.91. The van der Waals surface area contributed by atoms with Gasteiger partial charge < -0.3 is 5.32 Å². The molecule has 1 unspecified atom stereocenters. The van der Waals surface area contributed by atoms with E-state index in [1.54, 1.807) is 0 Å². The van der Waals surface area contributed by atoms with E-state index in [-0.39, 0.29) is 23.8 Å². The zero-order valence-corrected chi connectivity index (χ0v) is 8.16. The van der Waals surface area contributed by atoms with Crippen molar-refractivity contribution < 1.29 is 14.4 Å². The molecular weight excluding hydrogens is 186 g/mol. The second-order valence-electron chi connectivity index (χ2n) is 3.23. The summed E-state index contributed by atoms with van der Waals surface area (Å²) in [5.41, 5.74) is 2.40. The van der Waals surface area contributed by atoms with E-state index in [1.807, 2.05) is 0 Å². The van der Waals surface area contributed by atoms with E-state index in [0.717, 1.165) is 0 Å². The molecule has 1 aliphatic heterocycles. The van der Waals surface area contributed by atoms with Gasteiger partial charge in [0.05, 0.1) is 12.5 Å². The minimum absolute atomic E-state index is 0.115. The maximum absolute atomic E-state index is 11.0. The van der Waals surface area contributed by atoms with Gasteiger partial charge >= 0.3 is 0 Å². The lowest BCUT2D eigenvalue weighted by molar-refractivity contribution is -0.156. The van der Waals surface area contributed by atoms with Gasteiger partial charge in [0.15, 0.2) is 0 Å². The largest absolute Gasteiger partial charge is 0.354 e. The Kier molecular flexibility index (Phi) is 3.06. The second-order valence-corrected chi connectivity index (χ2v) is 3.23. The van der Waals surface area contributed by atoms with Crippen molar-refractivity contribution in [2.24, 2.45) is 0 Å². The molecule has 0 aliphatic carbocycles. The van der Waals surface area contributed by atoms with E-state index in [4.69, 9.17) is 0 Å². The van der Waals surface area contributed by atoms with Crippen LogP contribution in [0, 0.1) is 0 Å². The zero-order chi connectivity index (χ0) is 10.7. The van der Waals surface area contributed by atoms with Crippen molar-refractivity contribution in [1.82, 2.24) is 15.8 Å². The van der Waals surface area contributed by atoms with Crippen LogP contribution in [-0.2, 0) is 14.4 Å². The van der Waals surface area contributed by atoms with E-state index in [0.29, 0.717) is 13.0 Å². The molecular formula is C8H13N3O3. The molecule has 1 atom stereocenters. The summed E-state index contributed by atoms with van der Waals surface area (Å²) in [4.78, 5) is 32.3. The average molecular weight is 199 g/mol. The lowest BCUT2D eigenvalue weighted by atomic mass is 10.1. The van der Waals surface area contributed by atoms with Crippen LogP contribution >= 0.6 is 0 Å². The Morgan fingerprint density at radius 2 is 2.07 bits per heavy atom. The number of hydrogen-bond donors (Lipinski definition) is 2. The van der Waals surface area contributed by atoms with Crippen molar-refractivity contribution in [2.45, 2.75) is 26.3 Å². The lowest BCUT2D eigenvalue weighted by Crippen LogP contribution is -2.63. The first-order valence-corrected chi connectivity index (χ1v) is 4.34. The smallest absolute Gasteiger partial charge is 0.243 e. The minimum atomic E-state index is -0.286. The fourth-order valence-electron chi connectivity index (χ4n) is 1.23. The number of hydrogen-bond acceptors (Lipinski definition) is 3. The summed E-state index contributed by atoms with van der Waals surface area (Å²) in [6, 6.07) is -0.115. The highest BCUT2D eigenvalue weighted by atomic mass is 16.2. The molecule has 1 aliphatic rings. The average Bonchev–Trinajstić information content (AvgIpc) is 2.07. The highest BCUT2D eigenvalue weighted by molar-refractivity contribution is 5.86. The van der Waals surface area contributed by atoms with E-state index in [2.05, 4.69) is 10.7 Å². The Hall–Kier alpha value is -1.59. The highest BCUT2D eigenvalue weighted by Gasteiger charge is 2.36. The maximum Gasteiger partial charge on any atom is 0.243 e. The molecule has 1 heterocycles. The van der Waals surface area contributed by atoms with Crippen LogP contribution in [0.2, 0.25) is 0 Å². The quantitative estimate of drug-likeness (QED) is 0.559. The Bertz CT molecular complexity index is 277. The van der Waals surface area contributed by atoms with Crippen LogP contribution in [0.5, 0.6) is 0 Å². The minimum Gasteiger partial charge on any atom is -0.354 e. The van der Waals surface area contributed by atoms with Crippen molar-refractivity contribution in [3.63, 3.8) is 0 Å². The first-order valence-electron chi connectivity index (χ1n) is 4.34. The topological polar surface area (TPSA) is 78.5 Å². The molecule has 0 aromatic carbocycles. The van der Waals surface area contributed by atoms with Gasteiger partial charge in [0.1, 0.15) is 0 Å². The molecule has 1 fully saturated rings. The normalized spacial score (nSPS) is 20.0. The molecule has 14 heavy (non-hydrogen) atoms. The van der Waals surface area contributed by atoms with Gasteiger partial charge in [-0.3, -0.25) is 19.8 Å². The predicted molar refractivity (Wildman–Crippen MR) is 47.8 cm³/mol. The highest BCUT2D eigenvalue weighted by Crippen LogP contribution is 2.15. The van der Waals surface area contributed by atoms with Crippen molar-refractivity contribution in [2.75, 3.05) is 6.54 Å². The van der Waals surface area contributed by atoms with Crippen LogP contribution in [-0.4, -0.2) is 35.3 Å². The summed E-state index contributed by atoms with van der Waals surface area (Å²) in [7, 11) is 0. The first-order chi connectivity index (χ1) is 6.50. The third kappa shape index (κ3) is 2.45. The number of β-lactam (4-membered cyclic amide) rings is 1. The monoisotopic (exact) mass is 199 g/mol. The number of nitrogens with one attached hydrogen (secondary N) is 2. The number of carbonyl (C=O) groups is 3. The summed E-state index contributed by atoms with van der Waals surface area (Å²) in [6.45, 7) is 3.12. The standard InChI is InChI=1S/C8H13N3O3/c1-5(12)9-4-7-3-8(14)11(7)10-6(2)13/h7H,3-4H2,1-2H3,(H,9,12)(H,10,13). The van der Waals surface area contributed by atoms with Crippen molar-refractivity contribution in [3.8, 4) is 0 Å². The van der Waals surface area contributed by atoms with Gasteiger partial charge in [0, 0.05) is 20.4 Å². The van der Waals surface area contributed by atoms with Gasteiger partial charge in [-0.05, 0) is 0 Å². The van der Waals surface area contributed by atoms with Gasteiger partial charge in [-0.2, -0.15) is 0 Å². The van der Waals surface area contributed by atoms with Crippen LogP contribution in [0.3, 0.4) is 0 Å². The Labute approximate surface area is 81.6 Å². The number of amides is 3. The van der Waals surface area contributed by atoms with E-state index in [1.165, 1.54) is 18.9 Å². The molecule has 0 spiro atoms. The lowest BCUT2D eigenvalue weighted by Gasteiger charge is -2.39. The molecule has 0 aromatic rings. The molecule has 6 heteroatoms. The number of carbonyl (C=O) groups excluding carboxylic acids is 3. The molecule has 3 amide bonds. The number of hydrazine groups is 1. The van der Waals surface area contributed by atoms with Crippen LogP contribution in [0.25, 0.3) is 0 Å².